The number of carboxylic acid groups (broad SMARTS) is 1. The third kappa shape index (κ3) is 2.54. The Morgan fingerprint density at radius 2 is 2.00 bits per heavy atom. The van der Waals surface area contributed by atoms with Gasteiger partial charge in [-0.2, -0.15) is 0 Å². The second-order valence-electron chi connectivity index (χ2n) is 5.15. The monoisotopic (exact) mass is 283 g/mol. The maximum atomic E-state index is 11.1. The SMILES string of the molecule is Nc1ccc(C(=O)O)nc1N1CCCCc2ccccc21. The van der Waals surface area contributed by atoms with Crippen LogP contribution in [0.4, 0.5) is 17.2 Å². The Balaban J connectivity index is 2.11. The summed E-state index contributed by atoms with van der Waals surface area (Å²) in [5.41, 5.74) is 8.86. The van der Waals surface area contributed by atoms with Gasteiger partial charge in [0, 0.05) is 12.2 Å². The zero-order valence-electron chi connectivity index (χ0n) is 11.6. The van der Waals surface area contributed by atoms with E-state index >= 15 is 0 Å². The fraction of sp³-hybridized carbons (Fsp3) is 0.250. The van der Waals surface area contributed by atoms with Gasteiger partial charge in [0.2, 0.25) is 0 Å². The third-order valence-corrected chi connectivity index (χ3v) is 3.74. The molecule has 3 N–H and O–H groups in total. The molecule has 0 spiro atoms. The van der Waals surface area contributed by atoms with Crippen molar-refractivity contribution in [1.82, 2.24) is 4.98 Å². The summed E-state index contributed by atoms with van der Waals surface area (Å²) in [6, 6.07) is 11.2. The lowest BCUT2D eigenvalue weighted by atomic mass is 10.1. The summed E-state index contributed by atoms with van der Waals surface area (Å²) in [6.07, 6.45) is 3.14. The van der Waals surface area contributed by atoms with E-state index in [4.69, 9.17) is 10.8 Å². The van der Waals surface area contributed by atoms with Gasteiger partial charge in [-0.3, -0.25) is 0 Å². The Labute approximate surface area is 123 Å². The summed E-state index contributed by atoms with van der Waals surface area (Å²) in [6.45, 7) is 0.789. The van der Waals surface area contributed by atoms with Gasteiger partial charge in [-0.05, 0) is 43.0 Å². The molecule has 0 amide bonds. The van der Waals surface area contributed by atoms with Crippen LogP contribution in [0, 0.1) is 0 Å². The number of anilines is 3. The second-order valence-corrected chi connectivity index (χ2v) is 5.15. The second kappa shape index (κ2) is 5.44. The molecule has 21 heavy (non-hydrogen) atoms. The fourth-order valence-electron chi connectivity index (χ4n) is 2.71. The Morgan fingerprint density at radius 3 is 2.81 bits per heavy atom. The van der Waals surface area contributed by atoms with Gasteiger partial charge < -0.3 is 15.7 Å². The molecule has 0 unspecified atom stereocenters. The number of nitrogens with zero attached hydrogens (tertiary/aromatic N) is 2. The Kier molecular flexibility index (Phi) is 3.48. The maximum absolute atomic E-state index is 11.1. The number of carboxylic acids is 1. The normalized spacial score (nSPS) is 14.4. The number of nitrogen functional groups attached to an aromatic ring is 1. The van der Waals surface area contributed by atoms with Crippen LogP contribution in [0.25, 0.3) is 0 Å². The standard InChI is InChI=1S/C16H17N3O2/c17-12-8-9-13(16(20)21)18-15(12)19-10-4-3-6-11-5-1-2-7-14(11)19/h1-2,5,7-9H,3-4,6,10,17H2,(H,20,21). The molecule has 2 aromatic rings. The van der Waals surface area contributed by atoms with E-state index in [1.807, 2.05) is 23.1 Å². The highest BCUT2D eigenvalue weighted by Gasteiger charge is 2.20. The Hall–Kier alpha value is -2.56. The van der Waals surface area contributed by atoms with E-state index in [1.54, 1.807) is 6.07 Å². The van der Waals surface area contributed by atoms with E-state index in [0.29, 0.717) is 11.5 Å². The van der Waals surface area contributed by atoms with Crippen LogP contribution in [-0.2, 0) is 6.42 Å². The topological polar surface area (TPSA) is 79.5 Å². The first-order chi connectivity index (χ1) is 10.2. The van der Waals surface area contributed by atoms with Crippen molar-refractivity contribution in [3.05, 3.63) is 47.7 Å². The summed E-state index contributed by atoms with van der Waals surface area (Å²) in [5, 5.41) is 9.13. The van der Waals surface area contributed by atoms with Gasteiger partial charge in [-0.25, -0.2) is 9.78 Å². The van der Waals surface area contributed by atoms with Crippen LogP contribution in [0.15, 0.2) is 36.4 Å². The number of fused-ring (bicyclic) bond motifs is 1. The number of carbonyl (C=O) groups is 1. The van der Waals surface area contributed by atoms with Gasteiger partial charge in [0.25, 0.3) is 0 Å². The highest BCUT2D eigenvalue weighted by Crippen LogP contribution is 2.34. The number of nitrogens with two attached hydrogens (primary N) is 1. The van der Waals surface area contributed by atoms with Crippen molar-refractivity contribution in [2.75, 3.05) is 17.2 Å². The lowest BCUT2D eigenvalue weighted by Crippen LogP contribution is -2.21. The number of para-hydroxylation sites is 1. The summed E-state index contributed by atoms with van der Waals surface area (Å²) in [7, 11) is 0. The molecule has 5 heteroatoms. The Morgan fingerprint density at radius 1 is 1.19 bits per heavy atom. The fourth-order valence-corrected chi connectivity index (χ4v) is 2.71. The molecule has 1 aromatic carbocycles. The molecular weight excluding hydrogens is 266 g/mol. The molecule has 0 atom stereocenters. The van der Waals surface area contributed by atoms with Gasteiger partial charge in [-0.15, -0.1) is 0 Å². The van der Waals surface area contributed by atoms with E-state index in [0.717, 1.165) is 31.5 Å². The summed E-state index contributed by atoms with van der Waals surface area (Å²) in [5.74, 6) is -0.511. The highest BCUT2D eigenvalue weighted by molar-refractivity contribution is 5.87. The lowest BCUT2D eigenvalue weighted by Gasteiger charge is -2.25. The molecular formula is C16H17N3O2. The van der Waals surface area contributed by atoms with Crippen LogP contribution in [0.1, 0.15) is 28.9 Å². The smallest absolute Gasteiger partial charge is 0.354 e. The van der Waals surface area contributed by atoms with Crippen molar-refractivity contribution in [2.24, 2.45) is 0 Å². The van der Waals surface area contributed by atoms with Crippen LogP contribution >= 0.6 is 0 Å². The van der Waals surface area contributed by atoms with Crippen molar-refractivity contribution in [3.63, 3.8) is 0 Å². The van der Waals surface area contributed by atoms with Crippen LogP contribution in [-0.4, -0.2) is 22.6 Å². The largest absolute Gasteiger partial charge is 0.477 e. The molecule has 0 fully saturated rings. The number of aryl methyl sites for hydroxylation is 1. The minimum absolute atomic E-state index is 0.0147. The van der Waals surface area contributed by atoms with Gasteiger partial charge in [-0.1, -0.05) is 18.2 Å². The van der Waals surface area contributed by atoms with Gasteiger partial charge >= 0.3 is 5.97 Å². The van der Waals surface area contributed by atoms with E-state index in [9.17, 15) is 4.79 Å². The van der Waals surface area contributed by atoms with Gasteiger partial charge in [0.15, 0.2) is 11.5 Å². The minimum atomic E-state index is -1.04. The van der Waals surface area contributed by atoms with Crippen molar-refractivity contribution in [3.8, 4) is 0 Å². The van der Waals surface area contributed by atoms with Crippen molar-refractivity contribution < 1.29 is 9.90 Å². The first kappa shape index (κ1) is 13.4. The van der Waals surface area contributed by atoms with Gasteiger partial charge in [0.05, 0.1) is 5.69 Å². The highest BCUT2D eigenvalue weighted by atomic mass is 16.4. The van der Waals surface area contributed by atoms with Crippen LogP contribution < -0.4 is 10.6 Å². The van der Waals surface area contributed by atoms with Crippen LogP contribution in [0.2, 0.25) is 0 Å². The molecule has 108 valence electrons. The number of hydrogen-bond donors (Lipinski definition) is 2. The zero-order valence-corrected chi connectivity index (χ0v) is 11.6. The summed E-state index contributed by atoms with van der Waals surface area (Å²) in [4.78, 5) is 17.4. The predicted molar refractivity (Wildman–Crippen MR) is 82.0 cm³/mol. The first-order valence-electron chi connectivity index (χ1n) is 7.02. The predicted octanol–water partition coefficient (Wildman–Crippen LogP) is 2.84. The van der Waals surface area contributed by atoms with Crippen LogP contribution in [0.5, 0.6) is 0 Å². The lowest BCUT2D eigenvalue weighted by molar-refractivity contribution is 0.0690. The third-order valence-electron chi connectivity index (χ3n) is 3.74. The Bertz CT molecular complexity index is 685. The molecule has 0 saturated heterocycles. The van der Waals surface area contributed by atoms with E-state index in [-0.39, 0.29) is 5.69 Å². The molecule has 0 bridgehead atoms. The van der Waals surface area contributed by atoms with Gasteiger partial charge in [0.1, 0.15) is 0 Å². The minimum Gasteiger partial charge on any atom is -0.477 e. The van der Waals surface area contributed by atoms with Crippen molar-refractivity contribution in [2.45, 2.75) is 19.3 Å². The molecule has 3 rings (SSSR count). The van der Waals surface area contributed by atoms with Crippen molar-refractivity contribution in [1.29, 1.82) is 0 Å². The van der Waals surface area contributed by atoms with Crippen molar-refractivity contribution >= 4 is 23.2 Å². The molecule has 0 aliphatic carbocycles. The number of pyridine rings is 1. The number of hydrogen-bond acceptors (Lipinski definition) is 4. The number of benzene rings is 1. The maximum Gasteiger partial charge on any atom is 0.354 e. The number of aromatic carboxylic acids is 1. The molecule has 1 aromatic heterocycles. The quantitative estimate of drug-likeness (QED) is 0.886. The first-order valence-corrected chi connectivity index (χ1v) is 7.02. The molecule has 5 nitrogen and oxygen atoms in total. The average molecular weight is 283 g/mol. The van der Waals surface area contributed by atoms with E-state index < -0.39 is 5.97 Å². The zero-order chi connectivity index (χ0) is 14.8. The number of aromatic nitrogens is 1. The molecule has 0 saturated carbocycles. The molecule has 0 radical (unpaired) electrons. The summed E-state index contributed by atoms with van der Waals surface area (Å²) < 4.78 is 0. The molecule has 1 aliphatic rings. The molecule has 1 aliphatic heterocycles. The van der Waals surface area contributed by atoms with Crippen LogP contribution in [0.3, 0.4) is 0 Å². The summed E-state index contributed by atoms with van der Waals surface area (Å²) >= 11 is 0. The van der Waals surface area contributed by atoms with E-state index in [2.05, 4.69) is 11.1 Å². The number of rotatable bonds is 2. The van der Waals surface area contributed by atoms with E-state index in [1.165, 1.54) is 11.6 Å². The molecule has 2 heterocycles. The average Bonchev–Trinajstić information content (AvgIpc) is 2.70.